The van der Waals surface area contributed by atoms with Crippen LogP contribution in [-0.4, -0.2) is 5.91 Å². The summed E-state index contributed by atoms with van der Waals surface area (Å²) < 4.78 is 11.7. The van der Waals surface area contributed by atoms with Crippen molar-refractivity contribution in [3.8, 4) is 11.5 Å². The van der Waals surface area contributed by atoms with Crippen LogP contribution in [-0.2, 0) is 16.1 Å². The summed E-state index contributed by atoms with van der Waals surface area (Å²) in [6.07, 6.45) is -0.444. The van der Waals surface area contributed by atoms with Gasteiger partial charge in [0, 0.05) is 5.02 Å². The normalized spacial score (nSPS) is 11.8. The van der Waals surface area contributed by atoms with Gasteiger partial charge in [0.15, 0.2) is 0 Å². The Hall–Kier alpha value is -2.53. The van der Waals surface area contributed by atoms with E-state index in [-0.39, 0.29) is 6.42 Å². The number of amides is 1. The van der Waals surface area contributed by atoms with E-state index in [4.69, 9.17) is 38.4 Å². The summed E-state index contributed by atoms with van der Waals surface area (Å²) >= 11 is 12.3. The number of ether oxygens (including phenoxy) is 2. The molecule has 28 heavy (non-hydrogen) atoms. The van der Waals surface area contributed by atoms with Crippen LogP contribution in [0.4, 0.5) is 0 Å². The summed E-state index contributed by atoms with van der Waals surface area (Å²) in [5.41, 5.74) is 7.15. The zero-order valence-corrected chi connectivity index (χ0v) is 16.5. The average molecular weight is 416 g/mol. The largest absolute Gasteiger partial charge is 0.456 e. The van der Waals surface area contributed by atoms with Crippen LogP contribution in [0.1, 0.15) is 23.7 Å². The summed E-state index contributed by atoms with van der Waals surface area (Å²) in [6, 6.07) is 22.0. The molecule has 3 aromatic carbocycles. The number of nitrogens with two attached hydrogens (primary N) is 1. The molecule has 0 aliphatic carbocycles. The maximum absolute atomic E-state index is 11.5. The highest BCUT2D eigenvalue weighted by atomic mass is 35.5. The van der Waals surface area contributed by atoms with E-state index in [1.165, 1.54) is 0 Å². The SMILES string of the molecule is NC(=O)CC(OCc1ccccc1)c1ccc(Oc2ccc(Cl)cc2)c(Cl)c1. The van der Waals surface area contributed by atoms with E-state index in [0.717, 1.165) is 11.1 Å². The Morgan fingerprint density at radius 1 is 0.964 bits per heavy atom. The van der Waals surface area contributed by atoms with E-state index in [1.54, 1.807) is 36.4 Å². The lowest BCUT2D eigenvalue weighted by Gasteiger charge is -2.18. The molecule has 0 aliphatic rings. The number of carbonyl (C=O) groups excluding carboxylic acids is 1. The van der Waals surface area contributed by atoms with E-state index in [9.17, 15) is 4.79 Å². The summed E-state index contributed by atoms with van der Waals surface area (Å²) in [5, 5.41) is 1.03. The van der Waals surface area contributed by atoms with Gasteiger partial charge in [0.1, 0.15) is 11.5 Å². The average Bonchev–Trinajstić information content (AvgIpc) is 2.69. The monoisotopic (exact) mass is 415 g/mol. The molecule has 0 bridgehead atoms. The Kier molecular flexibility index (Phi) is 6.93. The van der Waals surface area contributed by atoms with Crippen molar-refractivity contribution in [1.82, 2.24) is 0 Å². The zero-order chi connectivity index (χ0) is 19.9. The fourth-order valence-electron chi connectivity index (χ4n) is 2.66. The van der Waals surface area contributed by atoms with Crippen molar-refractivity contribution in [1.29, 1.82) is 0 Å². The third kappa shape index (κ3) is 5.73. The molecule has 0 aromatic heterocycles. The highest BCUT2D eigenvalue weighted by molar-refractivity contribution is 6.32. The molecule has 2 N–H and O–H groups in total. The van der Waals surface area contributed by atoms with Crippen molar-refractivity contribution >= 4 is 29.1 Å². The highest BCUT2D eigenvalue weighted by Gasteiger charge is 2.17. The van der Waals surface area contributed by atoms with Crippen LogP contribution in [0.25, 0.3) is 0 Å². The molecular weight excluding hydrogens is 397 g/mol. The van der Waals surface area contributed by atoms with Gasteiger partial charge in [0.05, 0.1) is 24.2 Å². The molecular formula is C22H19Cl2NO3. The van der Waals surface area contributed by atoms with Crippen molar-refractivity contribution in [3.63, 3.8) is 0 Å². The van der Waals surface area contributed by atoms with Crippen molar-refractivity contribution in [2.24, 2.45) is 5.73 Å². The maximum Gasteiger partial charge on any atom is 0.220 e. The fraction of sp³-hybridized carbons (Fsp3) is 0.136. The van der Waals surface area contributed by atoms with Gasteiger partial charge in [-0.05, 0) is 47.5 Å². The van der Waals surface area contributed by atoms with Crippen molar-refractivity contribution in [3.05, 3.63) is 94.0 Å². The Balaban J connectivity index is 1.75. The molecule has 0 heterocycles. The van der Waals surface area contributed by atoms with Crippen LogP contribution >= 0.6 is 23.2 Å². The molecule has 3 rings (SSSR count). The molecule has 0 fully saturated rings. The van der Waals surface area contributed by atoms with Gasteiger partial charge in [-0.3, -0.25) is 4.79 Å². The maximum atomic E-state index is 11.5. The quantitative estimate of drug-likeness (QED) is 0.496. The van der Waals surface area contributed by atoms with Crippen LogP contribution in [0.2, 0.25) is 10.0 Å². The molecule has 6 heteroatoms. The predicted octanol–water partition coefficient (Wildman–Crippen LogP) is 5.92. The number of primary amides is 1. The molecule has 3 aromatic rings. The van der Waals surface area contributed by atoms with E-state index in [2.05, 4.69) is 0 Å². The molecule has 1 unspecified atom stereocenters. The van der Waals surface area contributed by atoms with Gasteiger partial charge in [0.2, 0.25) is 5.91 Å². The fourth-order valence-corrected chi connectivity index (χ4v) is 3.01. The zero-order valence-electron chi connectivity index (χ0n) is 15.0. The Morgan fingerprint density at radius 3 is 2.32 bits per heavy atom. The van der Waals surface area contributed by atoms with E-state index in [1.807, 2.05) is 36.4 Å². The molecule has 1 atom stereocenters. The van der Waals surface area contributed by atoms with Gasteiger partial charge in [-0.2, -0.15) is 0 Å². The Bertz CT molecular complexity index is 930. The third-order valence-electron chi connectivity index (χ3n) is 4.05. The lowest BCUT2D eigenvalue weighted by Crippen LogP contribution is -2.17. The van der Waals surface area contributed by atoms with Gasteiger partial charge in [-0.25, -0.2) is 0 Å². The first-order valence-corrected chi connectivity index (χ1v) is 9.43. The lowest BCUT2D eigenvalue weighted by atomic mass is 10.1. The number of hydrogen-bond donors (Lipinski definition) is 1. The van der Waals surface area contributed by atoms with Crippen molar-refractivity contribution in [2.45, 2.75) is 19.1 Å². The summed E-state index contributed by atoms with van der Waals surface area (Å²) in [7, 11) is 0. The second-order valence-corrected chi connectivity index (χ2v) is 7.05. The van der Waals surface area contributed by atoms with E-state index in [0.29, 0.717) is 28.2 Å². The van der Waals surface area contributed by atoms with Gasteiger partial charge in [0.25, 0.3) is 0 Å². The number of hydrogen-bond acceptors (Lipinski definition) is 3. The number of carbonyl (C=O) groups is 1. The number of rotatable bonds is 8. The van der Waals surface area contributed by atoms with Crippen LogP contribution in [0, 0.1) is 0 Å². The minimum Gasteiger partial charge on any atom is -0.456 e. The first-order chi connectivity index (χ1) is 13.5. The predicted molar refractivity (Wildman–Crippen MR) is 111 cm³/mol. The van der Waals surface area contributed by atoms with E-state index >= 15 is 0 Å². The van der Waals surface area contributed by atoms with E-state index < -0.39 is 12.0 Å². The van der Waals surface area contributed by atoms with Crippen LogP contribution in [0.3, 0.4) is 0 Å². The Labute approximate surface area is 173 Å². The third-order valence-corrected chi connectivity index (χ3v) is 4.60. The second-order valence-electron chi connectivity index (χ2n) is 6.20. The molecule has 144 valence electrons. The summed E-state index contributed by atoms with van der Waals surface area (Å²) in [5.74, 6) is 0.664. The summed E-state index contributed by atoms with van der Waals surface area (Å²) in [6.45, 7) is 0.361. The molecule has 4 nitrogen and oxygen atoms in total. The minimum atomic E-state index is -0.500. The van der Waals surface area contributed by atoms with Crippen LogP contribution < -0.4 is 10.5 Å². The Morgan fingerprint density at radius 2 is 1.68 bits per heavy atom. The molecule has 0 saturated heterocycles. The van der Waals surface area contributed by atoms with Crippen molar-refractivity contribution < 1.29 is 14.3 Å². The first-order valence-electron chi connectivity index (χ1n) is 8.68. The summed E-state index contributed by atoms with van der Waals surface area (Å²) in [4.78, 5) is 11.5. The van der Waals surface area contributed by atoms with Crippen LogP contribution in [0.5, 0.6) is 11.5 Å². The topological polar surface area (TPSA) is 61.6 Å². The molecule has 1 amide bonds. The molecule has 0 radical (unpaired) electrons. The first kappa shape index (κ1) is 20.2. The number of benzene rings is 3. The number of halogens is 2. The van der Waals surface area contributed by atoms with Gasteiger partial charge in [-0.1, -0.05) is 59.6 Å². The van der Waals surface area contributed by atoms with Gasteiger partial charge < -0.3 is 15.2 Å². The molecule has 0 spiro atoms. The standard InChI is InChI=1S/C22H19Cl2NO3/c23-17-7-9-18(10-8-17)28-20-11-6-16(12-19(20)24)21(13-22(25)26)27-14-15-4-2-1-3-5-15/h1-12,21H,13-14H2,(H2,25,26). The van der Waals surface area contributed by atoms with Crippen LogP contribution in [0.15, 0.2) is 72.8 Å². The second kappa shape index (κ2) is 9.60. The van der Waals surface area contributed by atoms with Crippen molar-refractivity contribution in [2.75, 3.05) is 0 Å². The molecule has 0 saturated carbocycles. The molecule has 0 aliphatic heterocycles. The highest BCUT2D eigenvalue weighted by Crippen LogP contribution is 2.34. The smallest absolute Gasteiger partial charge is 0.220 e. The lowest BCUT2D eigenvalue weighted by molar-refractivity contribution is -0.121. The van der Waals surface area contributed by atoms with Gasteiger partial charge in [-0.15, -0.1) is 0 Å². The van der Waals surface area contributed by atoms with Gasteiger partial charge >= 0.3 is 0 Å². The minimum absolute atomic E-state index is 0.0561.